The van der Waals surface area contributed by atoms with Gasteiger partial charge in [0, 0.05) is 21.5 Å². The smallest absolute Gasteiger partial charge is 0.355 e. The van der Waals surface area contributed by atoms with Crippen LogP contribution in [0.2, 0.25) is 5.02 Å². The van der Waals surface area contributed by atoms with E-state index in [9.17, 15) is 14.7 Å². The Hall–Kier alpha value is -2.64. The summed E-state index contributed by atoms with van der Waals surface area (Å²) in [7, 11) is 0. The topological polar surface area (TPSA) is 82.6 Å². The van der Waals surface area contributed by atoms with E-state index in [-0.39, 0.29) is 29.2 Å². The molecule has 0 radical (unpaired) electrons. The Labute approximate surface area is 183 Å². The molecule has 0 aliphatic carbocycles. The number of phenols is 1. The van der Waals surface area contributed by atoms with E-state index in [2.05, 4.69) is 4.98 Å². The van der Waals surface area contributed by atoms with Crippen molar-refractivity contribution in [2.24, 2.45) is 0 Å². The van der Waals surface area contributed by atoms with Crippen LogP contribution in [-0.2, 0) is 9.53 Å². The molecular formula is C22H21ClN2O4S. The minimum absolute atomic E-state index is 0.00390. The maximum Gasteiger partial charge on any atom is 0.355 e. The molecule has 1 fully saturated rings. The molecule has 30 heavy (non-hydrogen) atoms. The van der Waals surface area contributed by atoms with E-state index >= 15 is 0 Å². The predicted octanol–water partition coefficient (Wildman–Crippen LogP) is 5.18. The normalized spacial score (nSPS) is 18.9. The molecule has 1 aliphatic heterocycles. The summed E-state index contributed by atoms with van der Waals surface area (Å²) < 4.78 is 5.26. The Balaban J connectivity index is 1.96. The van der Waals surface area contributed by atoms with E-state index in [0.29, 0.717) is 16.3 Å². The van der Waals surface area contributed by atoms with Gasteiger partial charge in [-0.15, -0.1) is 11.8 Å². The molecule has 1 aliphatic rings. The number of amides is 1. The lowest BCUT2D eigenvalue weighted by molar-refractivity contribution is -0.117. The average Bonchev–Trinajstić information content (AvgIpc) is 3.21. The van der Waals surface area contributed by atoms with Crippen molar-refractivity contribution in [3.63, 3.8) is 0 Å². The molecule has 2 heterocycles. The van der Waals surface area contributed by atoms with Crippen molar-refractivity contribution in [3.05, 3.63) is 58.2 Å². The fourth-order valence-electron chi connectivity index (χ4n) is 3.70. The molecule has 2 aromatic carbocycles. The number of esters is 1. The summed E-state index contributed by atoms with van der Waals surface area (Å²) in [5.74, 6) is -0.637. The minimum atomic E-state index is -0.535. The van der Waals surface area contributed by atoms with Gasteiger partial charge < -0.3 is 14.8 Å². The van der Waals surface area contributed by atoms with Crippen LogP contribution in [0.3, 0.4) is 0 Å². The quantitative estimate of drug-likeness (QED) is 0.542. The molecular weight excluding hydrogens is 424 g/mol. The van der Waals surface area contributed by atoms with Crippen molar-refractivity contribution in [2.75, 3.05) is 11.5 Å². The molecule has 2 unspecified atom stereocenters. The maximum atomic E-state index is 13.1. The SMILES string of the molecule is CCOC(=O)c1[nH]c2ccc(Cl)cc2c1C1SC(C)C(=O)N1c1cc(C)ccc1O. The van der Waals surface area contributed by atoms with Crippen LogP contribution in [0, 0.1) is 6.92 Å². The number of benzene rings is 2. The summed E-state index contributed by atoms with van der Waals surface area (Å²) in [6, 6.07) is 10.4. The van der Waals surface area contributed by atoms with Crippen LogP contribution in [0.25, 0.3) is 10.9 Å². The molecule has 8 heteroatoms. The number of phenolic OH excluding ortho intramolecular Hbond substituents is 1. The fourth-order valence-corrected chi connectivity index (χ4v) is 5.21. The highest BCUT2D eigenvalue weighted by atomic mass is 35.5. The van der Waals surface area contributed by atoms with Gasteiger partial charge in [-0.2, -0.15) is 0 Å². The number of carbonyl (C=O) groups is 2. The van der Waals surface area contributed by atoms with Gasteiger partial charge in [0.2, 0.25) is 5.91 Å². The Morgan fingerprint density at radius 2 is 2.07 bits per heavy atom. The van der Waals surface area contributed by atoms with Crippen molar-refractivity contribution >= 4 is 51.8 Å². The summed E-state index contributed by atoms with van der Waals surface area (Å²) in [6.45, 7) is 5.68. The molecule has 0 bridgehead atoms. The second-order valence-electron chi connectivity index (χ2n) is 7.16. The van der Waals surface area contributed by atoms with Gasteiger partial charge in [0.15, 0.2) is 0 Å². The first-order chi connectivity index (χ1) is 14.3. The van der Waals surface area contributed by atoms with Gasteiger partial charge in [0.05, 0.1) is 17.5 Å². The first kappa shape index (κ1) is 20.6. The lowest BCUT2D eigenvalue weighted by atomic mass is 10.1. The number of halogens is 1. The lowest BCUT2D eigenvalue weighted by Crippen LogP contribution is -2.30. The molecule has 156 valence electrons. The van der Waals surface area contributed by atoms with Crippen LogP contribution >= 0.6 is 23.4 Å². The van der Waals surface area contributed by atoms with Crippen LogP contribution in [0.4, 0.5) is 5.69 Å². The number of aryl methyl sites for hydroxylation is 1. The highest BCUT2D eigenvalue weighted by Crippen LogP contribution is 2.50. The van der Waals surface area contributed by atoms with Gasteiger partial charge >= 0.3 is 5.97 Å². The van der Waals surface area contributed by atoms with E-state index in [0.717, 1.165) is 16.5 Å². The summed E-state index contributed by atoms with van der Waals surface area (Å²) in [5, 5.41) is 10.9. The van der Waals surface area contributed by atoms with E-state index in [1.165, 1.54) is 11.8 Å². The van der Waals surface area contributed by atoms with Gasteiger partial charge in [0.25, 0.3) is 0 Å². The third-order valence-electron chi connectivity index (χ3n) is 5.07. The number of hydrogen-bond acceptors (Lipinski definition) is 5. The Morgan fingerprint density at radius 1 is 1.30 bits per heavy atom. The third kappa shape index (κ3) is 3.42. The first-order valence-electron chi connectivity index (χ1n) is 9.58. The summed E-state index contributed by atoms with van der Waals surface area (Å²) >= 11 is 7.66. The number of nitrogens with zero attached hydrogens (tertiary/aromatic N) is 1. The number of aromatic nitrogens is 1. The van der Waals surface area contributed by atoms with Crippen LogP contribution in [0.15, 0.2) is 36.4 Å². The van der Waals surface area contributed by atoms with Crippen molar-refractivity contribution < 1.29 is 19.4 Å². The summed E-state index contributed by atoms with van der Waals surface area (Å²) in [5.41, 5.74) is 2.94. The van der Waals surface area contributed by atoms with Crippen LogP contribution in [0.1, 0.15) is 40.8 Å². The number of aromatic hydroxyl groups is 1. The standard InChI is InChI=1S/C22H21ClN2O4S/c1-4-29-22(28)19-18(14-10-13(23)6-7-15(14)24-19)21-25(20(27)12(3)30-21)16-9-11(2)5-8-17(16)26/h5-10,12,21,24,26H,4H2,1-3H3. The number of ether oxygens (including phenoxy) is 1. The Bertz CT molecular complexity index is 1160. The largest absolute Gasteiger partial charge is 0.506 e. The van der Waals surface area contributed by atoms with Gasteiger partial charge in [-0.05, 0) is 56.7 Å². The number of anilines is 1. The average molecular weight is 445 g/mol. The molecule has 2 N–H and O–H groups in total. The third-order valence-corrected chi connectivity index (χ3v) is 6.62. The number of H-pyrrole nitrogens is 1. The monoisotopic (exact) mass is 444 g/mol. The molecule has 6 nitrogen and oxygen atoms in total. The zero-order valence-corrected chi connectivity index (χ0v) is 18.3. The zero-order chi connectivity index (χ0) is 21.6. The predicted molar refractivity (Wildman–Crippen MR) is 119 cm³/mol. The van der Waals surface area contributed by atoms with E-state index in [1.54, 1.807) is 48.2 Å². The van der Waals surface area contributed by atoms with Gasteiger partial charge in [-0.1, -0.05) is 17.7 Å². The van der Waals surface area contributed by atoms with Crippen LogP contribution < -0.4 is 4.90 Å². The van der Waals surface area contributed by atoms with Gasteiger partial charge in [-0.25, -0.2) is 4.79 Å². The molecule has 0 saturated carbocycles. The summed E-state index contributed by atoms with van der Waals surface area (Å²) in [4.78, 5) is 30.6. The van der Waals surface area contributed by atoms with Crippen LogP contribution in [-0.4, -0.2) is 33.8 Å². The highest BCUT2D eigenvalue weighted by Gasteiger charge is 2.43. The lowest BCUT2D eigenvalue weighted by Gasteiger charge is -2.25. The van der Waals surface area contributed by atoms with E-state index in [4.69, 9.17) is 16.3 Å². The number of hydrogen-bond donors (Lipinski definition) is 2. The molecule has 1 aromatic heterocycles. The number of nitrogens with one attached hydrogen (secondary N) is 1. The molecule has 1 saturated heterocycles. The zero-order valence-electron chi connectivity index (χ0n) is 16.7. The number of aromatic amines is 1. The number of fused-ring (bicyclic) bond motifs is 1. The maximum absolute atomic E-state index is 13.1. The molecule has 4 rings (SSSR count). The van der Waals surface area contributed by atoms with Crippen molar-refractivity contribution in [2.45, 2.75) is 31.4 Å². The van der Waals surface area contributed by atoms with Crippen molar-refractivity contribution in [1.82, 2.24) is 4.98 Å². The molecule has 3 aromatic rings. The summed E-state index contributed by atoms with van der Waals surface area (Å²) in [6.07, 6.45) is 0. The van der Waals surface area contributed by atoms with Crippen molar-refractivity contribution in [3.8, 4) is 5.75 Å². The Kier molecular flexibility index (Phi) is 5.42. The molecule has 2 atom stereocenters. The second-order valence-corrected chi connectivity index (χ2v) is 9.02. The van der Waals surface area contributed by atoms with E-state index in [1.807, 2.05) is 13.8 Å². The number of rotatable bonds is 4. The van der Waals surface area contributed by atoms with Crippen LogP contribution in [0.5, 0.6) is 5.75 Å². The fraction of sp³-hybridized carbons (Fsp3) is 0.273. The van der Waals surface area contributed by atoms with Gasteiger partial charge in [0.1, 0.15) is 16.8 Å². The minimum Gasteiger partial charge on any atom is -0.506 e. The second kappa shape index (κ2) is 7.89. The van der Waals surface area contributed by atoms with Crippen molar-refractivity contribution in [1.29, 1.82) is 0 Å². The molecule has 1 amide bonds. The number of thioether (sulfide) groups is 1. The Morgan fingerprint density at radius 3 is 2.80 bits per heavy atom. The molecule has 0 spiro atoms. The first-order valence-corrected chi connectivity index (χ1v) is 10.9. The van der Waals surface area contributed by atoms with E-state index < -0.39 is 11.3 Å². The van der Waals surface area contributed by atoms with Gasteiger partial charge in [-0.3, -0.25) is 9.69 Å². The number of carbonyl (C=O) groups excluding carboxylic acids is 2. The highest BCUT2D eigenvalue weighted by molar-refractivity contribution is 8.01.